The van der Waals surface area contributed by atoms with E-state index in [1.54, 1.807) is 0 Å². The van der Waals surface area contributed by atoms with Crippen LogP contribution in [0.3, 0.4) is 0 Å². The summed E-state index contributed by atoms with van der Waals surface area (Å²) >= 11 is 0. The average molecular weight is 854 g/mol. The van der Waals surface area contributed by atoms with E-state index in [0.29, 0.717) is 38.8 Å². The topological polar surface area (TPSA) is 142 Å². The molecule has 10 rings (SSSR count). The Bertz CT molecular complexity index is 2310. The number of hydrogen-bond donors (Lipinski definition) is 4. The highest BCUT2D eigenvalue weighted by atomic mass is 16.3. The van der Waals surface area contributed by atoms with E-state index in [2.05, 4.69) is 96.3 Å². The van der Waals surface area contributed by atoms with E-state index in [1.807, 2.05) is 9.80 Å². The molecule has 63 heavy (non-hydrogen) atoms. The summed E-state index contributed by atoms with van der Waals surface area (Å²) in [6.07, 6.45) is 15.4. The number of aliphatic hydroxyl groups is 2. The van der Waals surface area contributed by atoms with Crippen molar-refractivity contribution in [2.45, 2.75) is 177 Å². The minimum atomic E-state index is -1.27. The van der Waals surface area contributed by atoms with Crippen molar-refractivity contribution in [1.82, 2.24) is 29.7 Å². The fourth-order valence-electron chi connectivity index (χ4n) is 12.0. The van der Waals surface area contributed by atoms with Gasteiger partial charge < -0.3 is 34.9 Å². The minimum absolute atomic E-state index is 0.0367. The highest BCUT2D eigenvalue weighted by molar-refractivity contribution is 5.87. The summed E-state index contributed by atoms with van der Waals surface area (Å²) in [6, 6.07) is 22.2. The first-order valence-electron chi connectivity index (χ1n) is 24.3. The van der Waals surface area contributed by atoms with Crippen molar-refractivity contribution >= 4 is 39.6 Å². The Hall–Kier alpha value is -4.74. The second kappa shape index (κ2) is 16.7. The Kier molecular flexibility index (Phi) is 11.2. The molecule has 0 spiro atoms. The molecule has 11 heteroatoms. The number of fused-ring (bicyclic) bond motifs is 2. The van der Waals surface area contributed by atoms with Crippen LogP contribution in [0.5, 0.6) is 0 Å². The molecule has 3 saturated heterocycles. The molecule has 4 N–H and O–H groups in total. The number of aromatic amines is 2. The van der Waals surface area contributed by atoms with Crippen LogP contribution in [0.1, 0.15) is 189 Å². The average Bonchev–Trinajstić information content (AvgIpc) is 4.12. The predicted molar refractivity (Wildman–Crippen MR) is 247 cm³/mol. The number of carbonyl (C=O) groups is 2. The van der Waals surface area contributed by atoms with Crippen LogP contribution in [0.25, 0.3) is 22.1 Å². The van der Waals surface area contributed by atoms with Gasteiger partial charge in [0.15, 0.2) is 0 Å². The van der Waals surface area contributed by atoms with Crippen molar-refractivity contribution < 1.29 is 19.8 Å². The summed E-state index contributed by atoms with van der Waals surface area (Å²) in [7, 11) is 0. The number of anilines is 1. The van der Waals surface area contributed by atoms with Crippen LogP contribution in [0.2, 0.25) is 0 Å². The van der Waals surface area contributed by atoms with Gasteiger partial charge in [-0.1, -0.05) is 96.4 Å². The molecule has 1 unspecified atom stereocenters. The lowest BCUT2D eigenvalue weighted by Crippen LogP contribution is -2.48. The van der Waals surface area contributed by atoms with Gasteiger partial charge in [-0.3, -0.25) is 9.59 Å². The number of benzene rings is 3. The van der Waals surface area contributed by atoms with Crippen molar-refractivity contribution in [2.75, 3.05) is 18.0 Å². The highest BCUT2D eigenvalue weighted by Gasteiger charge is 2.46. The van der Waals surface area contributed by atoms with Gasteiger partial charge in [0.1, 0.15) is 22.9 Å². The molecule has 2 aliphatic carbocycles. The third-order valence-electron chi connectivity index (χ3n) is 15.6. The second-order valence-electron chi connectivity index (χ2n) is 20.8. The van der Waals surface area contributed by atoms with Gasteiger partial charge in [0.2, 0.25) is 0 Å². The summed E-state index contributed by atoms with van der Waals surface area (Å²) in [6.45, 7) is 8.06. The number of imidazole rings is 2. The van der Waals surface area contributed by atoms with E-state index < -0.39 is 11.2 Å². The third kappa shape index (κ3) is 7.95. The van der Waals surface area contributed by atoms with Crippen LogP contribution >= 0.6 is 0 Å². The van der Waals surface area contributed by atoms with E-state index in [0.717, 1.165) is 124 Å². The van der Waals surface area contributed by atoms with Crippen molar-refractivity contribution in [3.8, 4) is 0 Å². The molecule has 0 bridgehead atoms. The van der Waals surface area contributed by atoms with Gasteiger partial charge in [0.25, 0.3) is 11.8 Å². The molecule has 334 valence electrons. The summed E-state index contributed by atoms with van der Waals surface area (Å²) in [4.78, 5) is 51.7. The second-order valence-corrected chi connectivity index (χ2v) is 20.8. The van der Waals surface area contributed by atoms with Gasteiger partial charge in [-0.05, 0) is 123 Å². The summed E-state index contributed by atoms with van der Waals surface area (Å²) in [5, 5.41) is 23.1. The molecule has 0 radical (unpaired) electrons. The predicted octanol–water partition coefficient (Wildman–Crippen LogP) is 10.3. The van der Waals surface area contributed by atoms with E-state index in [-0.39, 0.29) is 41.4 Å². The van der Waals surface area contributed by atoms with E-state index in [4.69, 9.17) is 9.97 Å². The lowest BCUT2D eigenvalue weighted by Gasteiger charge is -2.34. The standard InChI is InChI=1S/C52H67N7O4/c1-50(2,3)36-18-20-37(21-19-36)59-42(34-16-22-38-40(32-34)55-46(53-38)44-14-12-30-57(44)48(60)51(62)26-8-4-5-9-27-51)24-25-43(59)35-17-23-39-41(33-35)56-47(54-39)45-15-13-31-58(45)49(61)52(63)28-10-6-7-11-29-52/h16-23,32-33,42-45,62-63H,4-15,24-31H2,1-3H3,(H,53,55)(H,54,56)/t42-,43?,44+,45+/m1/s1. The lowest BCUT2D eigenvalue weighted by molar-refractivity contribution is -0.154. The van der Waals surface area contributed by atoms with Gasteiger partial charge in [0.05, 0.1) is 46.2 Å². The fraction of sp³-hybridized carbons (Fsp3) is 0.577. The van der Waals surface area contributed by atoms with Gasteiger partial charge in [-0.2, -0.15) is 0 Å². The molecule has 5 fully saturated rings. The van der Waals surface area contributed by atoms with Crippen molar-refractivity contribution in [3.05, 3.63) is 89.0 Å². The van der Waals surface area contributed by atoms with E-state index in [1.165, 1.54) is 22.4 Å². The van der Waals surface area contributed by atoms with Crippen molar-refractivity contribution in [3.63, 3.8) is 0 Å². The van der Waals surface area contributed by atoms with Gasteiger partial charge in [-0.25, -0.2) is 9.97 Å². The number of carbonyl (C=O) groups excluding carboxylic acids is 2. The van der Waals surface area contributed by atoms with Crippen LogP contribution in [-0.4, -0.2) is 76.1 Å². The smallest absolute Gasteiger partial charge is 0.255 e. The molecular formula is C52H67N7O4. The van der Waals surface area contributed by atoms with Crippen LogP contribution in [0.15, 0.2) is 60.7 Å². The van der Waals surface area contributed by atoms with Gasteiger partial charge in [-0.15, -0.1) is 0 Å². The normalized spacial score (nSPS) is 25.5. The molecule has 11 nitrogen and oxygen atoms in total. The summed E-state index contributed by atoms with van der Waals surface area (Å²) < 4.78 is 0. The molecule has 4 atom stereocenters. The number of nitrogens with zero attached hydrogens (tertiary/aromatic N) is 5. The molecule has 5 aromatic rings. The fourth-order valence-corrected chi connectivity index (χ4v) is 12.0. The minimum Gasteiger partial charge on any atom is -0.380 e. The van der Waals surface area contributed by atoms with Crippen molar-refractivity contribution in [2.24, 2.45) is 0 Å². The van der Waals surface area contributed by atoms with Crippen molar-refractivity contribution in [1.29, 1.82) is 0 Å². The number of H-pyrrole nitrogens is 2. The monoisotopic (exact) mass is 854 g/mol. The maximum Gasteiger partial charge on any atom is 0.255 e. The zero-order valence-corrected chi connectivity index (χ0v) is 37.7. The molecule has 3 aromatic carbocycles. The number of likely N-dealkylation sites (tertiary alicyclic amines) is 2. The Morgan fingerprint density at radius 3 is 1.41 bits per heavy atom. The Morgan fingerprint density at radius 1 is 0.571 bits per heavy atom. The first-order chi connectivity index (χ1) is 30.4. The quantitative estimate of drug-likeness (QED) is 0.119. The summed E-state index contributed by atoms with van der Waals surface area (Å²) in [5.74, 6) is 1.37. The van der Waals surface area contributed by atoms with Gasteiger partial charge in [0, 0.05) is 18.8 Å². The third-order valence-corrected chi connectivity index (χ3v) is 15.6. The van der Waals surface area contributed by atoms with Crippen LogP contribution in [-0.2, 0) is 15.0 Å². The first kappa shape index (κ1) is 42.2. The number of nitrogens with one attached hydrogen (secondary N) is 2. The maximum atomic E-state index is 13.9. The number of hydrogen-bond acceptors (Lipinski definition) is 7. The molecule has 5 aliphatic rings. The largest absolute Gasteiger partial charge is 0.380 e. The molecule has 2 aromatic heterocycles. The zero-order chi connectivity index (χ0) is 43.5. The zero-order valence-electron chi connectivity index (χ0n) is 37.7. The summed E-state index contributed by atoms with van der Waals surface area (Å²) in [5.41, 5.74) is 6.14. The maximum absolute atomic E-state index is 13.9. The van der Waals surface area contributed by atoms with Gasteiger partial charge >= 0.3 is 0 Å². The first-order valence-corrected chi connectivity index (χ1v) is 24.3. The number of amides is 2. The van der Waals surface area contributed by atoms with Crippen LogP contribution < -0.4 is 4.90 Å². The SMILES string of the molecule is CC(C)(C)c1ccc(N2C(c3ccc4nc([C@@H]5CCCN5C(=O)C5(O)CCCCCC5)[nH]c4c3)CC[C@@H]2c2ccc3nc([C@@H]4CCCN4C(=O)C4(O)CCCCCC4)[nH]c3c2)cc1. The van der Waals surface area contributed by atoms with Crippen LogP contribution in [0, 0.1) is 0 Å². The van der Waals surface area contributed by atoms with E-state index in [9.17, 15) is 19.8 Å². The highest BCUT2D eigenvalue weighted by Crippen LogP contribution is 2.48. The molecular weight excluding hydrogens is 787 g/mol. The Labute approximate surface area is 372 Å². The number of rotatable bonds is 7. The van der Waals surface area contributed by atoms with Crippen LogP contribution in [0.4, 0.5) is 5.69 Å². The molecule has 2 saturated carbocycles. The molecule has 2 amide bonds. The molecule has 5 heterocycles. The Balaban J connectivity index is 0.941. The number of aromatic nitrogens is 4. The Morgan fingerprint density at radius 2 is 1.00 bits per heavy atom. The van der Waals surface area contributed by atoms with E-state index >= 15 is 0 Å². The lowest BCUT2D eigenvalue weighted by atomic mass is 9.87. The molecule has 3 aliphatic heterocycles.